The molecule has 1 atom stereocenters. The van der Waals surface area contributed by atoms with Gasteiger partial charge in [-0.3, -0.25) is 23.9 Å². The highest BCUT2D eigenvalue weighted by Gasteiger charge is 2.20. The fraction of sp³-hybridized carbons (Fsp3) is 0.562. The Morgan fingerprint density at radius 3 is 2.48 bits per heavy atom. The monoisotopic (exact) mass is 384 g/mol. The number of carboxylic acid groups (broad SMARTS) is 1. The number of aromatic nitrogens is 2. The molecule has 0 fully saturated rings. The first-order valence-corrected chi connectivity index (χ1v) is 8.16. The summed E-state index contributed by atoms with van der Waals surface area (Å²) in [6, 6.07) is -0.932. The number of nitrogens with one attached hydrogen (secondary N) is 3. The van der Waals surface area contributed by atoms with Crippen LogP contribution in [0.3, 0.4) is 0 Å². The Bertz CT molecular complexity index is 819. The van der Waals surface area contributed by atoms with Gasteiger partial charge in [-0.1, -0.05) is 0 Å². The van der Waals surface area contributed by atoms with Crippen molar-refractivity contribution in [2.24, 2.45) is 0 Å². The van der Waals surface area contributed by atoms with Gasteiger partial charge in [-0.25, -0.2) is 9.59 Å². The fourth-order valence-electron chi connectivity index (χ4n) is 2.11. The van der Waals surface area contributed by atoms with Crippen molar-refractivity contribution in [3.05, 3.63) is 32.6 Å². The highest BCUT2D eigenvalue weighted by molar-refractivity contribution is 5.82. The minimum absolute atomic E-state index is 0.166. The van der Waals surface area contributed by atoms with Gasteiger partial charge in [-0.15, -0.1) is 0 Å². The van der Waals surface area contributed by atoms with E-state index in [9.17, 15) is 24.0 Å². The van der Waals surface area contributed by atoms with E-state index in [1.54, 1.807) is 20.8 Å². The number of aryl methyl sites for hydroxylation is 1. The summed E-state index contributed by atoms with van der Waals surface area (Å²) in [5.41, 5.74) is -1.73. The number of H-pyrrole nitrogens is 1. The van der Waals surface area contributed by atoms with Gasteiger partial charge in [0.2, 0.25) is 5.91 Å². The molecule has 0 aliphatic heterocycles. The van der Waals surface area contributed by atoms with Crippen molar-refractivity contribution in [1.82, 2.24) is 20.2 Å². The molecule has 0 aromatic carbocycles. The third kappa shape index (κ3) is 8.21. The Morgan fingerprint density at radius 1 is 1.30 bits per heavy atom. The molecule has 0 aliphatic carbocycles. The predicted molar refractivity (Wildman–Crippen MR) is 94.5 cm³/mol. The zero-order valence-corrected chi connectivity index (χ0v) is 15.6. The van der Waals surface area contributed by atoms with E-state index in [1.807, 2.05) is 0 Å². The SMILES string of the molecule is Cc1cn(C[C@@H](CC(=O)O)NC(=O)CNC(=O)OC(C)(C)C)c(=O)[nH]c1=O. The van der Waals surface area contributed by atoms with Gasteiger partial charge in [0.05, 0.1) is 12.5 Å². The quantitative estimate of drug-likeness (QED) is 0.485. The number of carbonyl (C=O) groups excluding carboxylic acids is 2. The first-order chi connectivity index (χ1) is 12.4. The molecule has 27 heavy (non-hydrogen) atoms. The molecule has 1 aromatic heterocycles. The minimum Gasteiger partial charge on any atom is -0.481 e. The van der Waals surface area contributed by atoms with E-state index in [1.165, 1.54) is 13.1 Å². The standard InChI is InChI=1S/C16H24N4O7/c1-9-7-20(14(25)19-13(9)24)8-10(5-12(22)23)18-11(21)6-17-15(26)27-16(2,3)4/h7,10H,5-6,8H2,1-4H3,(H,17,26)(H,18,21)(H,22,23)(H,19,24,25)/t10-/m1/s1. The molecule has 1 heterocycles. The van der Waals surface area contributed by atoms with E-state index < -0.39 is 53.8 Å². The molecule has 2 amide bonds. The van der Waals surface area contributed by atoms with Crippen molar-refractivity contribution in [3.63, 3.8) is 0 Å². The Labute approximate surface area is 154 Å². The Hall–Kier alpha value is -3.11. The maximum atomic E-state index is 12.0. The Kier molecular flexibility index (Phi) is 7.32. The van der Waals surface area contributed by atoms with Crippen LogP contribution in [0.1, 0.15) is 32.8 Å². The molecule has 0 spiro atoms. The molecule has 1 rings (SSSR count). The third-order valence-corrected chi connectivity index (χ3v) is 3.18. The Morgan fingerprint density at radius 2 is 1.93 bits per heavy atom. The second-order valence-corrected chi connectivity index (χ2v) is 6.94. The predicted octanol–water partition coefficient (Wildman–Crippen LogP) is -0.671. The molecule has 4 N–H and O–H groups in total. The molecule has 11 heteroatoms. The third-order valence-electron chi connectivity index (χ3n) is 3.18. The number of nitrogens with zero attached hydrogens (tertiary/aromatic N) is 1. The van der Waals surface area contributed by atoms with Crippen molar-refractivity contribution >= 4 is 18.0 Å². The van der Waals surface area contributed by atoms with Gasteiger partial charge < -0.3 is 20.5 Å². The number of hydrogen-bond acceptors (Lipinski definition) is 6. The maximum Gasteiger partial charge on any atom is 0.408 e. The molecule has 0 aliphatic rings. The van der Waals surface area contributed by atoms with Gasteiger partial charge in [0.15, 0.2) is 0 Å². The molecular formula is C16H24N4O7. The van der Waals surface area contributed by atoms with E-state index in [0.717, 1.165) is 4.57 Å². The van der Waals surface area contributed by atoms with Crippen LogP contribution in [0, 0.1) is 6.92 Å². The van der Waals surface area contributed by atoms with E-state index in [4.69, 9.17) is 9.84 Å². The van der Waals surface area contributed by atoms with E-state index in [-0.39, 0.29) is 12.1 Å². The number of aromatic amines is 1. The summed E-state index contributed by atoms with van der Waals surface area (Å²) in [6.45, 7) is 5.90. The van der Waals surface area contributed by atoms with Crippen LogP contribution in [0.25, 0.3) is 0 Å². The summed E-state index contributed by atoms with van der Waals surface area (Å²) < 4.78 is 6.09. The number of rotatable bonds is 7. The van der Waals surface area contributed by atoms with Crippen LogP contribution in [-0.4, -0.2) is 50.8 Å². The van der Waals surface area contributed by atoms with Crippen LogP contribution in [0.5, 0.6) is 0 Å². The van der Waals surface area contributed by atoms with Crippen LogP contribution in [0.2, 0.25) is 0 Å². The fourth-order valence-corrected chi connectivity index (χ4v) is 2.11. The molecule has 0 radical (unpaired) electrons. The number of amides is 2. The minimum atomic E-state index is -1.19. The van der Waals surface area contributed by atoms with Crippen LogP contribution in [-0.2, 0) is 20.9 Å². The van der Waals surface area contributed by atoms with Crippen molar-refractivity contribution in [3.8, 4) is 0 Å². The molecule has 0 saturated carbocycles. The van der Waals surface area contributed by atoms with Crippen LogP contribution in [0.4, 0.5) is 4.79 Å². The van der Waals surface area contributed by atoms with Crippen molar-refractivity contribution in [2.75, 3.05) is 6.54 Å². The van der Waals surface area contributed by atoms with E-state index in [2.05, 4.69) is 15.6 Å². The van der Waals surface area contributed by atoms with Crippen molar-refractivity contribution in [1.29, 1.82) is 0 Å². The first-order valence-electron chi connectivity index (χ1n) is 8.16. The molecule has 11 nitrogen and oxygen atoms in total. The summed E-state index contributed by atoms with van der Waals surface area (Å²) in [5.74, 6) is -1.84. The van der Waals surface area contributed by atoms with E-state index in [0.29, 0.717) is 0 Å². The lowest BCUT2D eigenvalue weighted by molar-refractivity contribution is -0.137. The smallest absolute Gasteiger partial charge is 0.408 e. The average Bonchev–Trinajstić information content (AvgIpc) is 2.48. The molecule has 1 aromatic rings. The number of carboxylic acids is 1. The van der Waals surface area contributed by atoms with Crippen LogP contribution < -0.4 is 21.9 Å². The van der Waals surface area contributed by atoms with E-state index >= 15 is 0 Å². The summed E-state index contributed by atoms with van der Waals surface area (Å²) in [6.07, 6.45) is 0.0316. The number of ether oxygens (including phenoxy) is 1. The lowest BCUT2D eigenvalue weighted by Crippen LogP contribution is -2.46. The molecule has 0 unspecified atom stereocenters. The van der Waals surface area contributed by atoms with Crippen molar-refractivity contribution < 1.29 is 24.2 Å². The number of hydrogen-bond donors (Lipinski definition) is 4. The van der Waals surface area contributed by atoms with Gasteiger partial charge in [0.1, 0.15) is 12.1 Å². The van der Waals surface area contributed by atoms with Gasteiger partial charge in [0, 0.05) is 18.3 Å². The summed E-state index contributed by atoms with van der Waals surface area (Å²) in [4.78, 5) is 59.9. The second-order valence-electron chi connectivity index (χ2n) is 6.94. The summed E-state index contributed by atoms with van der Waals surface area (Å²) in [7, 11) is 0. The van der Waals surface area contributed by atoms with Gasteiger partial charge in [-0.05, 0) is 27.7 Å². The molecule has 0 bridgehead atoms. The molecule has 150 valence electrons. The number of alkyl carbamates (subject to hydrolysis) is 1. The first kappa shape index (κ1) is 21.9. The van der Waals surface area contributed by atoms with Crippen molar-refractivity contribution in [2.45, 2.75) is 52.3 Å². The zero-order valence-electron chi connectivity index (χ0n) is 15.6. The van der Waals surface area contributed by atoms with Crippen LogP contribution >= 0.6 is 0 Å². The zero-order chi connectivity index (χ0) is 20.8. The highest BCUT2D eigenvalue weighted by atomic mass is 16.6. The topological polar surface area (TPSA) is 160 Å². The number of aliphatic carboxylic acids is 1. The largest absolute Gasteiger partial charge is 0.481 e. The number of carbonyl (C=O) groups is 3. The summed E-state index contributed by atoms with van der Waals surface area (Å²) in [5, 5.41) is 13.7. The second kappa shape index (κ2) is 9.01. The van der Waals surface area contributed by atoms with Gasteiger partial charge in [0.25, 0.3) is 5.56 Å². The van der Waals surface area contributed by atoms with Gasteiger partial charge >= 0.3 is 17.8 Å². The molecular weight excluding hydrogens is 360 g/mol. The summed E-state index contributed by atoms with van der Waals surface area (Å²) >= 11 is 0. The average molecular weight is 384 g/mol. The Balaban J connectivity index is 2.75. The van der Waals surface area contributed by atoms with Gasteiger partial charge in [-0.2, -0.15) is 0 Å². The highest BCUT2D eigenvalue weighted by Crippen LogP contribution is 2.06. The lowest BCUT2D eigenvalue weighted by Gasteiger charge is -2.21. The lowest BCUT2D eigenvalue weighted by atomic mass is 10.2. The molecule has 0 saturated heterocycles. The normalized spacial score (nSPS) is 12.1. The maximum absolute atomic E-state index is 12.0. The van der Waals surface area contributed by atoms with Crippen LogP contribution in [0.15, 0.2) is 15.8 Å².